The van der Waals surface area contributed by atoms with Crippen LogP contribution >= 0.6 is 0 Å². The van der Waals surface area contributed by atoms with E-state index in [2.05, 4.69) is 4.98 Å². The van der Waals surface area contributed by atoms with E-state index in [0.29, 0.717) is 13.1 Å². The van der Waals surface area contributed by atoms with E-state index in [1.165, 1.54) is 0 Å². The number of carbonyl (C=O) groups is 1. The summed E-state index contributed by atoms with van der Waals surface area (Å²) in [7, 11) is 0. The van der Waals surface area contributed by atoms with Gasteiger partial charge in [-0.3, -0.25) is 9.78 Å². The van der Waals surface area contributed by atoms with Crippen molar-refractivity contribution in [3.8, 4) is 0 Å². The molecule has 2 unspecified atom stereocenters. The molecule has 4 heteroatoms. The van der Waals surface area contributed by atoms with E-state index in [-0.39, 0.29) is 17.4 Å². The highest BCUT2D eigenvalue weighted by atomic mass is 16.2. The summed E-state index contributed by atoms with van der Waals surface area (Å²) in [6, 6.07) is 5.80. The van der Waals surface area contributed by atoms with Crippen LogP contribution in [0.25, 0.3) is 0 Å². The fraction of sp³-hybridized carbons (Fsp3) is 0.625. The molecule has 1 aliphatic carbocycles. The predicted octanol–water partition coefficient (Wildman–Crippen LogP) is 2.34. The summed E-state index contributed by atoms with van der Waals surface area (Å²) in [6.07, 6.45) is 5.84. The Morgan fingerprint density at radius 3 is 2.90 bits per heavy atom. The Hall–Kier alpha value is -1.42. The molecule has 2 atom stereocenters. The zero-order valence-corrected chi connectivity index (χ0v) is 12.5. The third-order valence-corrected chi connectivity index (χ3v) is 4.32. The zero-order valence-electron chi connectivity index (χ0n) is 12.5. The Balaban J connectivity index is 2.08. The van der Waals surface area contributed by atoms with E-state index in [0.717, 1.165) is 31.4 Å². The normalized spacial score (nSPS) is 26.2. The lowest BCUT2D eigenvalue weighted by molar-refractivity contribution is -0.139. The average molecular weight is 275 g/mol. The lowest BCUT2D eigenvalue weighted by atomic mass is 9.74. The van der Waals surface area contributed by atoms with Crippen LogP contribution in [0.1, 0.15) is 45.2 Å². The number of rotatable bonds is 4. The number of carbonyl (C=O) groups excluding carboxylic acids is 1. The van der Waals surface area contributed by atoms with Crippen molar-refractivity contribution in [3.63, 3.8) is 0 Å². The average Bonchev–Trinajstić information content (AvgIpc) is 2.45. The standard InChI is InChI=1S/C16H25N3O/c1-3-19(12-13-8-5-7-11-18-13)15(20)14-9-4-6-10-16(14,2)17/h5,7-8,11,14H,3-4,6,9-10,12,17H2,1-2H3. The Morgan fingerprint density at radius 2 is 2.30 bits per heavy atom. The molecule has 1 heterocycles. The number of aromatic nitrogens is 1. The van der Waals surface area contributed by atoms with E-state index >= 15 is 0 Å². The first kappa shape index (κ1) is 15.0. The number of amides is 1. The Labute approximate surface area is 121 Å². The molecule has 1 fully saturated rings. The Kier molecular flexibility index (Phi) is 4.76. The molecular formula is C16H25N3O. The maximum atomic E-state index is 12.8. The van der Waals surface area contributed by atoms with Gasteiger partial charge >= 0.3 is 0 Å². The van der Waals surface area contributed by atoms with Gasteiger partial charge in [-0.05, 0) is 38.8 Å². The highest BCUT2D eigenvalue weighted by Crippen LogP contribution is 2.33. The van der Waals surface area contributed by atoms with Crippen molar-refractivity contribution >= 4 is 5.91 Å². The summed E-state index contributed by atoms with van der Waals surface area (Å²) in [5.41, 5.74) is 6.91. The van der Waals surface area contributed by atoms with E-state index in [4.69, 9.17) is 5.73 Å². The molecule has 0 saturated heterocycles. The molecular weight excluding hydrogens is 250 g/mol. The molecule has 0 aliphatic heterocycles. The van der Waals surface area contributed by atoms with Crippen molar-refractivity contribution in [2.75, 3.05) is 6.54 Å². The minimum Gasteiger partial charge on any atom is -0.337 e. The van der Waals surface area contributed by atoms with Crippen molar-refractivity contribution in [2.24, 2.45) is 11.7 Å². The molecule has 2 rings (SSSR count). The van der Waals surface area contributed by atoms with Crippen LogP contribution in [0.4, 0.5) is 0 Å². The third kappa shape index (κ3) is 3.37. The summed E-state index contributed by atoms with van der Waals surface area (Å²) in [6.45, 7) is 5.30. The quantitative estimate of drug-likeness (QED) is 0.917. The first-order valence-corrected chi connectivity index (χ1v) is 7.52. The zero-order chi connectivity index (χ0) is 14.6. The number of nitrogens with two attached hydrogens (primary N) is 1. The fourth-order valence-electron chi connectivity index (χ4n) is 3.02. The van der Waals surface area contributed by atoms with Gasteiger partial charge in [0.25, 0.3) is 0 Å². The topological polar surface area (TPSA) is 59.2 Å². The van der Waals surface area contributed by atoms with Crippen LogP contribution in [0.3, 0.4) is 0 Å². The molecule has 0 radical (unpaired) electrons. The smallest absolute Gasteiger partial charge is 0.227 e. The molecule has 0 spiro atoms. The molecule has 2 N–H and O–H groups in total. The minimum atomic E-state index is -0.368. The van der Waals surface area contributed by atoms with Gasteiger partial charge in [0.1, 0.15) is 0 Å². The van der Waals surface area contributed by atoms with Gasteiger partial charge in [-0.25, -0.2) is 0 Å². The fourth-order valence-corrected chi connectivity index (χ4v) is 3.02. The first-order chi connectivity index (χ1) is 9.54. The van der Waals surface area contributed by atoms with Gasteiger partial charge in [-0.2, -0.15) is 0 Å². The molecule has 110 valence electrons. The van der Waals surface area contributed by atoms with Crippen molar-refractivity contribution in [3.05, 3.63) is 30.1 Å². The van der Waals surface area contributed by atoms with E-state index in [1.54, 1.807) is 6.20 Å². The third-order valence-electron chi connectivity index (χ3n) is 4.32. The van der Waals surface area contributed by atoms with Crippen LogP contribution in [0, 0.1) is 5.92 Å². The summed E-state index contributed by atoms with van der Waals surface area (Å²) < 4.78 is 0. The number of nitrogens with zero attached hydrogens (tertiary/aromatic N) is 2. The van der Waals surface area contributed by atoms with Crippen molar-refractivity contribution < 1.29 is 4.79 Å². The molecule has 0 aromatic carbocycles. The number of hydrogen-bond acceptors (Lipinski definition) is 3. The van der Waals surface area contributed by atoms with E-state index in [9.17, 15) is 4.79 Å². The highest BCUT2D eigenvalue weighted by Gasteiger charge is 2.39. The summed E-state index contributed by atoms with van der Waals surface area (Å²) in [5, 5.41) is 0. The van der Waals surface area contributed by atoms with Crippen molar-refractivity contribution in [1.29, 1.82) is 0 Å². The van der Waals surface area contributed by atoms with Crippen LogP contribution in [-0.2, 0) is 11.3 Å². The second-order valence-corrected chi connectivity index (χ2v) is 5.98. The molecule has 20 heavy (non-hydrogen) atoms. The molecule has 0 bridgehead atoms. The SMILES string of the molecule is CCN(Cc1ccccn1)C(=O)C1CCCCC1(C)N. The van der Waals surface area contributed by atoms with Gasteiger partial charge in [0.05, 0.1) is 18.2 Å². The lowest BCUT2D eigenvalue weighted by Crippen LogP contribution is -2.53. The van der Waals surface area contributed by atoms with Gasteiger partial charge in [0.2, 0.25) is 5.91 Å². The summed E-state index contributed by atoms with van der Waals surface area (Å²) in [4.78, 5) is 19.0. The van der Waals surface area contributed by atoms with Gasteiger partial charge in [0, 0.05) is 18.3 Å². The van der Waals surface area contributed by atoms with Gasteiger partial charge < -0.3 is 10.6 Å². The van der Waals surface area contributed by atoms with Gasteiger partial charge in [0.15, 0.2) is 0 Å². The van der Waals surface area contributed by atoms with Gasteiger partial charge in [-0.15, -0.1) is 0 Å². The Bertz CT molecular complexity index is 444. The summed E-state index contributed by atoms with van der Waals surface area (Å²) >= 11 is 0. The van der Waals surface area contributed by atoms with Crippen LogP contribution in [0.5, 0.6) is 0 Å². The largest absolute Gasteiger partial charge is 0.337 e. The van der Waals surface area contributed by atoms with Crippen LogP contribution < -0.4 is 5.73 Å². The molecule has 1 aliphatic rings. The second-order valence-electron chi connectivity index (χ2n) is 5.98. The van der Waals surface area contributed by atoms with E-state index < -0.39 is 0 Å². The van der Waals surface area contributed by atoms with E-state index in [1.807, 2.05) is 36.9 Å². The number of hydrogen-bond donors (Lipinski definition) is 1. The first-order valence-electron chi connectivity index (χ1n) is 7.52. The van der Waals surface area contributed by atoms with Crippen LogP contribution in [-0.4, -0.2) is 27.9 Å². The molecule has 1 amide bonds. The van der Waals surface area contributed by atoms with Gasteiger partial charge in [-0.1, -0.05) is 18.9 Å². The highest BCUT2D eigenvalue weighted by molar-refractivity contribution is 5.80. The molecule has 1 saturated carbocycles. The Morgan fingerprint density at radius 1 is 1.50 bits per heavy atom. The van der Waals surface area contributed by atoms with Crippen molar-refractivity contribution in [1.82, 2.24) is 9.88 Å². The minimum absolute atomic E-state index is 0.0556. The predicted molar refractivity (Wildman–Crippen MR) is 79.9 cm³/mol. The number of pyridine rings is 1. The maximum absolute atomic E-state index is 12.8. The van der Waals surface area contributed by atoms with Crippen molar-refractivity contribution in [2.45, 2.75) is 51.6 Å². The molecule has 4 nitrogen and oxygen atoms in total. The lowest BCUT2D eigenvalue weighted by Gasteiger charge is -2.39. The summed E-state index contributed by atoms with van der Waals surface area (Å²) in [5.74, 6) is 0.128. The van der Waals surface area contributed by atoms with Crippen LogP contribution in [0.15, 0.2) is 24.4 Å². The molecule has 1 aromatic rings. The van der Waals surface area contributed by atoms with Crippen LogP contribution in [0.2, 0.25) is 0 Å². The monoisotopic (exact) mass is 275 g/mol. The molecule has 1 aromatic heterocycles. The second kappa shape index (κ2) is 6.35. The maximum Gasteiger partial charge on any atom is 0.227 e.